The van der Waals surface area contributed by atoms with Crippen LogP contribution in [0.3, 0.4) is 0 Å². The Kier molecular flexibility index (Phi) is 2.34. The van der Waals surface area contributed by atoms with Crippen molar-refractivity contribution in [3.8, 4) is 0 Å². The summed E-state index contributed by atoms with van der Waals surface area (Å²) >= 11 is 0. The summed E-state index contributed by atoms with van der Waals surface area (Å²) < 4.78 is 2.17. The van der Waals surface area contributed by atoms with Crippen molar-refractivity contribution < 1.29 is 5.11 Å². The summed E-state index contributed by atoms with van der Waals surface area (Å²) in [6, 6.07) is 8.36. The van der Waals surface area contributed by atoms with Gasteiger partial charge in [0.25, 0.3) is 0 Å². The van der Waals surface area contributed by atoms with Crippen molar-refractivity contribution >= 4 is 21.8 Å². The Bertz CT molecular complexity index is 685. The number of fused-ring (bicyclic) bond motifs is 3. The highest BCUT2D eigenvalue weighted by Crippen LogP contribution is 2.27. The first-order valence-corrected chi connectivity index (χ1v) is 5.73. The number of aliphatic hydroxyl groups excluding tert-OH is 1. The van der Waals surface area contributed by atoms with Gasteiger partial charge in [-0.2, -0.15) is 0 Å². The quantitative estimate of drug-likeness (QED) is 0.728. The summed E-state index contributed by atoms with van der Waals surface area (Å²) in [5.74, 6) is 0. The number of hydrogen-bond donors (Lipinski definition) is 1. The van der Waals surface area contributed by atoms with Crippen LogP contribution in [0.1, 0.15) is 5.56 Å². The number of aliphatic hydroxyl groups is 1. The lowest BCUT2D eigenvalue weighted by Gasteiger charge is -2.01. The van der Waals surface area contributed by atoms with E-state index in [1.54, 1.807) is 0 Å². The van der Waals surface area contributed by atoms with Gasteiger partial charge < -0.3 is 9.67 Å². The Morgan fingerprint density at radius 1 is 1.18 bits per heavy atom. The largest absolute Gasteiger partial charge is 0.396 e. The minimum atomic E-state index is 0.191. The molecule has 3 heteroatoms. The zero-order chi connectivity index (χ0) is 11.8. The second-order valence-electron chi connectivity index (χ2n) is 4.28. The molecule has 0 aliphatic rings. The molecule has 2 heterocycles. The minimum absolute atomic E-state index is 0.191. The number of benzene rings is 1. The number of nitrogens with zero attached hydrogens (tertiary/aromatic N) is 2. The fourth-order valence-electron chi connectivity index (χ4n) is 2.38. The predicted octanol–water partition coefficient (Wildman–Crippen LogP) is 2.26. The summed E-state index contributed by atoms with van der Waals surface area (Å²) in [5, 5.41) is 11.4. The molecule has 0 unspecified atom stereocenters. The first-order chi connectivity index (χ1) is 8.31. The molecule has 3 nitrogen and oxygen atoms in total. The molecule has 3 rings (SSSR count). The van der Waals surface area contributed by atoms with Crippen LogP contribution >= 0.6 is 0 Å². The van der Waals surface area contributed by atoms with Crippen LogP contribution < -0.4 is 0 Å². The second kappa shape index (κ2) is 3.86. The minimum Gasteiger partial charge on any atom is -0.396 e. The maximum absolute atomic E-state index is 8.98. The smallest absolute Gasteiger partial charge is 0.0519 e. The predicted molar refractivity (Wildman–Crippen MR) is 69.0 cm³/mol. The van der Waals surface area contributed by atoms with Gasteiger partial charge >= 0.3 is 0 Å². The Balaban J connectivity index is 2.36. The van der Waals surface area contributed by atoms with E-state index in [1.165, 1.54) is 27.4 Å². The van der Waals surface area contributed by atoms with E-state index in [0.717, 1.165) is 0 Å². The fraction of sp³-hybridized carbons (Fsp3) is 0.214. The van der Waals surface area contributed by atoms with Gasteiger partial charge in [-0.05, 0) is 24.1 Å². The molecule has 17 heavy (non-hydrogen) atoms. The molecule has 2 aromatic heterocycles. The van der Waals surface area contributed by atoms with Gasteiger partial charge in [0, 0.05) is 42.3 Å². The average Bonchev–Trinajstić information content (AvgIpc) is 2.65. The Hall–Kier alpha value is -1.87. The van der Waals surface area contributed by atoms with E-state index in [4.69, 9.17) is 5.11 Å². The van der Waals surface area contributed by atoms with Gasteiger partial charge in [-0.3, -0.25) is 4.98 Å². The summed E-state index contributed by atoms with van der Waals surface area (Å²) in [4.78, 5) is 4.18. The molecule has 3 aromatic rings. The third-order valence-corrected chi connectivity index (χ3v) is 3.27. The molecule has 0 saturated heterocycles. The van der Waals surface area contributed by atoms with E-state index in [0.29, 0.717) is 6.42 Å². The van der Waals surface area contributed by atoms with Crippen molar-refractivity contribution in [2.24, 2.45) is 7.05 Å². The molecule has 86 valence electrons. The molecule has 1 N–H and O–H groups in total. The molecule has 0 atom stereocenters. The SMILES string of the molecule is Cn1c2ccncc2c2ccc(CCO)cc21. The van der Waals surface area contributed by atoms with Crippen molar-refractivity contribution in [3.05, 3.63) is 42.2 Å². The van der Waals surface area contributed by atoms with E-state index >= 15 is 0 Å². The lowest BCUT2D eigenvalue weighted by atomic mass is 10.1. The van der Waals surface area contributed by atoms with E-state index in [9.17, 15) is 0 Å². The monoisotopic (exact) mass is 226 g/mol. The lowest BCUT2D eigenvalue weighted by molar-refractivity contribution is 0.299. The zero-order valence-corrected chi connectivity index (χ0v) is 9.72. The van der Waals surface area contributed by atoms with Gasteiger partial charge in [0.15, 0.2) is 0 Å². The van der Waals surface area contributed by atoms with E-state index in [-0.39, 0.29) is 6.61 Å². The van der Waals surface area contributed by atoms with Gasteiger partial charge in [-0.15, -0.1) is 0 Å². The first kappa shape index (κ1) is 10.3. The van der Waals surface area contributed by atoms with Crippen LogP contribution in [0, 0.1) is 0 Å². The molecule has 0 fully saturated rings. The molecule has 0 radical (unpaired) electrons. The van der Waals surface area contributed by atoms with Crippen LogP contribution in [0.5, 0.6) is 0 Å². The van der Waals surface area contributed by atoms with Gasteiger partial charge in [0.1, 0.15) is 0 Å². The highest BCUT2D eigenvalue weighted by atomic mass is 16.2. The normalized spacial score (nSPS) is 11.4. The van der Waals surface area contributed by atoms with E-state index in [2.05, 4.69) is 34.8 Å². The summed E-state index contributed by atoms with van der Waals surface area (Å²) in [5.41, 5.74) is 3.55. The van der Waals surface area contributed by atoms with Crippen LogP contribution in [-0.2, 0) is 13.5 Å². The Morgan fingerprint density at radius 3 is 2.88 bits per heavy atom. The number of aromatic nitrogens is 2. The summed E-state index contributed by atoms with van der Waals surface area (Å²) in [6.45, 7) is 0.191. The van der Waals surface area contributed by atoms with Crippen molar-refractivity contribution in [2.45, 2.75) is 6.42 Å². The highest BCUT2D eigenvalue weighted by Gasteiger charge is 2.07. The van der Waals surface area contributed by atoms with Crippen molar-refractivity contribution in [1.29, 1.82) is 0 Å². The Morgan fingerprint density at radius 2 is 2.06 bits per heavy atom. The van der Waals surface area contributed by atoms with Crippen molar-refractivity contribution in [3.63, 3.8) is 0 Å². The molecular weight excluding hydrogens is 212 g/mol. The van der Waals surface area contributed by atoms with Gasteiger partial charge in [0.05, 0.1) is 5.52 Å². The van der Waals surface area contributed by atoms with Crippen LogP contribution in [0.25, 0.3) is 21.8 Å². The molecular formula is C14H14N2O. The molecule has 0 aliphatic carbocycles. The van der Waals surface area contributed by atoms with Crippen LogP contribution in [0.2, 0.25) is 0 Å². The van der Waals surface area contributed by atoms with Crippen molar-refractivity contribution in [2.75, 3.05) is 6.61 Å². The van der Waals surface area contributed by atoms with E-state index < -0.39 is 0 Å². The van der Waals surface area contributed by atoms with Crippen LogP contribution in [0.15, 0.2) is 36.7 Å². The van der Waals surface area contributed by atoms with Crippen LogP contribution in [0.4, 0.5) is 0 Å². The summed E-state index contributed by atoms with van der Waals surface area (Å²) in [6.07, 6.45) is 4.43. The molecule has 0 saturated carbocycles. The molecule has 0 bridgehead atoms. The first-order valence-electron chi connectivity index (χ1n) is 5.73. The number of aryl methyl sites for hydroxylation is 1. The number of hydrogen-bond acceptors (Lipinski definition) is 2. The molecule has 1 aromatic carbocycles. The van der Waals surface area contributed by atoms with Gasteiger partial charge in [0.2, 0.25) is 0 Å². The lowest BCUT2D eigenvalue weighted by Crippen LogP contribution is -1.92. The zero-order valence-electron chi connectivity index (χ0n) is 9.72. The fourth-order valence-corrected chi connectivity index (χ4v) is 2.38. The maximum atomic E-state index is 8.98. The maximum Gasteiger partial charge on any atom is 0.0519 e. The van der Waals surface area contributed by atoms with Gasteiger partial charge in [-0.25, -0.2) is 0 Å². The standard InChI is InChI=1S/C14H14N2O/c1-16-13-4-6-15-9-12(13)11-3-2-10(5-7-17)8-14(11)16/h2-4,6,8-9,17H,5,7H2,1H3. The highest BCUT2D eigenvalue weighted by molar-refractivity contribution is 6.07. The summed E-state index contributed by atoms with van der Waals surface area (Å²) in [7, 11) is 2.06. The third kappa shape index (κ3) is 1.51. The average molecular weight is 226 g/mol. The molecule has 0 spiro atoms. The molecule has 0 amide bonds. The second-order valence-corrected chi connectivity index (χ2v) is 4.28. The van der Waals surface area contributed by atoms with Gasteiger partial charge in [-0.1, -0.05) is 12.1 Å². The van der Waals surface area contributed by atoms with Crippen LogP contribution in [-0.4, -0.2) is 21.3 Å². The third-order valence-electron chi connectivity index (χ3n) is 3.27. The number of rotatable bonds is 2. The van der Waals surface area contributed by atoms with E-state index in [1.807, 2.05) is 18.5 Å². The topological polar surface area (TPSA) is 38.0 Å². The Labute approximate surface area is 99.3 Å². The number of pyridine rings is 1. The molecule has 0 aliphatic heterocycles. The van der Waals surface area contributed by atoms with Crippen molar-refractivity contribution in [1.82, 2.24) is 9.55 Å².